The number of nitrogens with one attached hydrogen (secondary N) is 3. The number of hydrogen-bond donors (Lipinski definition) is 3. The molecule has 0 saturated carbocycles. The number of nitrogens with zero attached hydrogens (tertiary/aromatic N) is 1. The van der Waals surface area contributed by atoms with Gasteiger partial charge in [-0.15, -0.1) is 6.58 Å². The van der Waals surface area contributed by atoms with Crippen LogP contribution in [0.4, 0.5) is 0 Å². The summed E-state index contributed by atoms with van der Waals surface area (Å²) in [5.41, 5.74) is -1.34. The van der Waals surface area contributed by atoms with E-state index < -0.39 is 21.7 Å². The first-order valence-electron chi connectivity index (χ1n) is 8.17. The Morgan fingerprint density at radius 1 is 1.42 bits per heavy atom. The standard InChI is InChI=1S/C15H28N4O4S/c1-5-10-15(6-2,17-13(20)12-9-8-11-16-12)14(21)18-24(22,23)19(4)7-3/h5,12,16H,1,6-11H2,2-4H3,(H,17,20)(H,18,21)/t12-,15+/m0/s1. The van der Waals surface area contributed by atoms with Gasteiger partial charge < -0.3 is 10.6 Å². The van der Waals surface area contributed by atoms with Gasteiger partial charge in [0.05, 0.1) is 6.04 Å². The Labute approximate surface area is 144 Å². The number of hydrogen-bond acceptors (Lipinski definition) is 5. The highest BCUT2D eigenvalue weighted by atomic mass is 32.2. The van der Waals surface area contributed by atoms with Crippen LogP contribution in [-0.4, -0.2) is 56.3 Å². The quantitative estimate of drug-likeness (QED) is 0.498. The Morgan fingerprint density at radius 3 is 2.54 bits per heavy atom. The molecule has 2 atom stereocenters. The van der Waals surface area contributed by atoms with Gasteiger partial charge >= 0.3 is 10.2 Å². The summed E-state index contributed by atoms with van der Waals surface area (Å²) in [6.07, 6.45) is 3.47. The van der Waals surface area contributed by atoms with Gasteiger partial charge in [0.25, 0.3) is 5.91 Å². The first-order valence-corrected chi connectivity index (χ1v) is 9.61. The molecule has 0 aromatic heterocycles. The van der Waals surface area contributed by atoms with Crippen molar-refractivity contribution in [2.24, 2.45) is 0 Å². The van der Waals surface area contributed by atoms with Crippen LogP contribution in [0.1, 0.15) is 39.5 Å². The zero-order valence-corrected chi connectivity index (χ0v) is 15.4. The van der Waals surface area contributed by atoms with E-state index in [9.17, 15) is 18.0 Å². The third-order valence-corrected chi connectivity index (χ3v) is 5.87. The summed E-state index contributed by atoms with van der Waals surface area (Å²) < 4.78 is 27.3. The van der Waals surface area contributed by atoms with Gasteiger partial charge in [-0.1, -0.05) is 19.9 Å². The second kappa shape index (κ2) is 8.59. The molecule has 1 heterocycles. The number of amides is 2. The fourth-order valence-electron chi connectivity index (χ4n) is 2.53. The van der Waals surface area contributed by atoms with Crippen LogP contribution in [0.2, 0.25) is 0 Å². The molecule has 138 valence electrons. The lowest BCUT2D eigenvalue weighted by Gasteiger charge is -2.33. The normalized spacial score (nSPS) is 20.4. The van der Waals surface area contributed by atoms with Gasteiger partial charge in [-0.3, -0.25) is 9.59 Å². The third-order valence-electron chi connectivity index (χ3n) is 4.35. The van der Waals surface area contributed by atoms with Crippen LogP contribution in [0.15, 0.2) is 12.7 Å². The highest BCUT2D eigenvalue weighted by molar-refractivity contribution is 7.87. The molecule has 0 aromatic carbocycles. The van der Waals surface area contributed by atoms with Crippen LogP contribution >= 0.6 is 0 Å². The largest absolute Gasteiger partial charge is 0.340 e. The molecule has 0 radical (unpaired) electrons. The van der Waals surface area contributed by atoms with Gasteiger partial charge in [-0.05, 0) is 32.2 Å². The molecular weight excluding hydrogens is 332 g/mol. The molecule has 1 fully saturated rings. The van der Waals surface area contributed by atoms with Gasteiger partial charge in [0, 0.05) is 13.6 Å². The summed E-state index contributed by atoms with van der Waals surface area (Å²) in [6, 6.07) is -0.358. The molecule has 0 unspecified atom stereocenters. The van der Waals surface area contributed by atoms with Crippen LogP contribution < -0.4 is 15.4 Å². The smallest absolute Gasteiger partial charge is 0.303 e. The maximum Gasteiger partial charge on any atom is 0.303 e. The zero-order valence-electron chi connectivity index (χ0n) is 14.6. The molecule has 0 spiro atoms. The first kappa shape index (κ1) is 20.6. The maximum absolute atomic E-state index is 12.7. The molecule has 1 rings (SSSR count). The molecule has 2 amide bonds. The van der Waals surface area contributed by atoms with Gasteiger partial charge in [-0.25, -0.2) is 4.72 Å². The van der Waals surface area contributed by atoms with Crippen molar-refractivity contribution in [3.05, 3.63) is 12.7 Å². The lowest BCUT2D eigenvalue weighted by atomic mass is 9.90. The summed E-state index contributed by atoms with van der Waals surface area (Å²) in [7, 11) is -2.57. The number of rotatable bonds is 9. The van der Waals surface area contributed by atoms with Gasteiger partial charge in [0.15, 0.2) is 0 Å². The second-order valence-electron chi connectivity index (χ2n) is 5.92. The van der Waals surface area contributed by atoms with E-state index in [1.807, 2.05) is 0 Å². The van der Waals surface area contributed by atoms with Crippen molar-refractivity contribution >= 4 is 22.0 Å². The summed E-state index contributed by atoms with van der Waals surface area (Å²) in [6.45, 7) is 7.98. The Bertz CT molecular complexity index is 572. The van der Waals surface area contributed by atoms with E-state index in [1.165, 1.54) is 13.1 Å². The Hall–Kier alpha value is -1.45. The summed E-state index contributed by atoms with van der Waals surface area (Å²) >= 11 is 0. The van der Waals surface area contributed by atoms with Gasteiger partial charge in [0.1, 0.15) is 5.54 Å². The molecule has 3 N–H and O–H groups in total. The average molecular weight is 360 g/mol. The van der Waals surface area contributed by atoms with Crippen molar-refractivity contribution in [2.75, 3.05) is 20.1 Å². The summed E-state index contributed by atoms with van der Waals surface area (Å²) in [5.74, 6) is -1.05. The predicted molar refractivity (Wildman–Crippen MR) is 92.4 cm³/mol. The molecule has 0 aromatic rings. The maximum atomic E-state index is 12.7. The fourth-order valence-corrected chi connectivity index (χ4v) is 3.46. The minimum Gasteiger partial charge on any atom is -0.340 e. The monoisotopic (exact) mass is 360 g/mol. The Balaban J connectivity index is 2.98. The van der Waals surface area contributed by atoms with Crippen molar-refractivity contribution in [2.45, 2.75) is 51.1 Å². The molecule has 1 aliphatic heterocycles. The van der Waals surface area contributed by atoms with Crippen molar-refractivity contribution in [1.82, 2.24) is 19.7 Å². The van der Waals surface area contributed by atoms with E-state index in [-0.39, 0.29) is 31.3 Å². The molecule has 1 saturated heterocycles. The van der Waals surface area contributed by atoms with Crippen molar-refractivity contribution in [3.8, 4) is 0 Å². The Morgan fingerprint density at radius 2 is 2.08 bits per heavy atom. The minimum atomic E-state index is -3.94. The van der Waals surface area contributed by atoms with E-state index in [4.69, 9.17) is 0 Å². The molecule has 9 heteroatoms. The van der Waals surface area contributed by atoms with Crippen LogP contribution in [-0.2, 0) is 19.8 Å². The van der Waals surface area contributed by atoms with E-state index in [2.05, 4.69) is 21.9 Å². The lowest BCUT2D eigenvalue weighted by molar-refractivity contribution is -0.133. The van der Waals surface area contributed by atoms with Crippen molar-refractivity contribution < 1.29 is 18.0 Å². The first-order chi connectivity index (χ1) is 11.2. The van der Waals surface area contributed by atoms with Crippen molar-refractivity contribution in [3.63, 3.8) is 0 Å². The highest BCUT2D eigenvalue weighted by Gasteiger charge is 2.41. The van der Waals surface area contributed by atoms with E-state index in [0.717, 1.165) is 17.3 Å². The van der Waals surface area contributed by atoms with Crippen LogP contribution in [0.5, 0.6) is 0 Å². The van der Waals surface area contributed by atoms with E-state index in [1.54, 1.807) is 13.8 Å². The van der Waals surface area contributed by atoms with Crippen LogP contribution in [0.3, 0.4) is 0 Å². The average Bonchev–Trinajstić information content (AvgIpc) is 3.07. The highest BCUT2D eigenvalue weighted by Crippen LogP contribution is 2.19. The Kier molecular flexibility index (Phi) is 7.37. The molecule has 24 heavy (non-hydrogen) atoms. The number of carbonyl (C=O) groups excluding carboxylic acids is 2. The summed E-state index contributed by atoms with van der Waals surface area (Å²) in [5, 5.41) is 5.80. The molecule has 8 nitrogen and oxygen atoms in total. The third kappa shape index (κ3) is 4.78. The molecule has 1 aliphatic rings. The summed E-state index contributed by atoms with van der Waals surface area (Å²) in [4.78, 5) is 25.1. The minimum absolute atomic E-state index is 0.138. The van der Waals surface area contributed by atoms with E-state index >= 15 is 0 Å². The van der Waals surface area contributed by atoms with Crippen LogP contribution in [0.25, 0.3) is 0 Å². The molecule has 0 aliphatic carbocycles. The van der Waals surface area contributed by atoms with Crippen molar-refractivity contribution in [1.29, 1.82) is 0 Å². The van der Waals surface area contributed by atoms with E-state index in [0.29, 0.717) is 6.42 Å². The van der Waals surface area contributed by atoms with Crippen LogP contribution in [0, 0.1) is 0 Å². The zero-order chi connectivity index (χ0) is 18.4. The topological polar surface area (TPSA) is 108 Å². The number of carbonyl (C=O) groups is 2. The van der Waals surface area contributed by atoms with Gasteiger partial charge in [0.2, 0.25) is 5.91 Å². The predicted octanol–water partition coefficient (Wildman–Crippen LogP) is -0.108. The molecular formula is C15H28N4O4S. The molecule has 0 bridgehead atoms. The lowest BCUT2D eigenvalue weighted by Crippen LogP contribution is -2.62. The fraction of sp³-hybridized carbons (Fsp3) is 0.733. The van der Waals surface area contributed by atoms with Gasteiger partial charge in [-0.2, -0.15) is 12.7 Å². The SMILES string of the molecule is C=CC[C@@](CC)(NC(=O)[C@@H]1CCCN1)C(=O)NS(=O)(=O)N(C)CC. The second-order valence-corrected chi connectivity index (χ2v) is 7.69.